The maximum absolute atomic E-state index is 12.3. The van der Waals surface area contributed by atoms with E-state index in [9.17, 15) is 13.2 Å². The van der Waals surface area contributed by atoms with Crippen molar-refractivity contribution in [3.8, 4) is 0 Å². The minimum Gasteiger partial charge on any atom is -0.357 e. The molecule has 0 spiro atoms. The second kappa shape index (κ2) is 10.1. The first-order chi connectivity index (χ1) is 11.4. The standard InChI is InChI=1S/C14H26F3N7/c1-4-12-22-21-11-24(12)9-7-20-13(18-5-2)19-6-8-23(3)10-14(15,16)17/h11H,4-10H2,1-3H3,(H2,18,19,20). The molecular formula is C14H26F3N7. The van der Waals surface area contributed by atoms with E-state index in [1.807, 2.05) is 18.4 Å². The molecular weight excluding hydrogens is 323 g/mol. The highest BCUT2D eigenvalue weighted by Crippen LogP contribution is 2.15. The fraction of sp³-hybridized carbons (Fsp3) is 0.786. The molecule has 0 aromatic carbocycles. The van der Waals surface area contributed by atoms with E-state index >= 15 is 0 Å². The zero-order valence-electron chi connectivity index (χ0n) is 14.4. The van der Waals surface area contributed by atoms with Gasteiger partial charge in [0.25, 0.3) is 0 Å². The average molecular weight is 349 g/mol. The Bertz CT molecular complexity index is 499. The predicted molar refractivity (Wildman–Crippen MR) is 86.9 cm³/mol. The van der Waals surface area contributed by atoms with Gasteiger partial charge in [0.05, 0.1) is 13.1 Å². The number of hydrogen-bond acceptors (Lipinski definition) is 4. The number of aromatic nitrogens is 3. The number of alkyl halides is 3. The number of likely N-dealkylation sites (N-methyl/N-ethyl adjacent to an activating group) is 1. The van der Waals surface area contributed by atoms with Crippen LogP contribution >= 0.6 is 0 Å². The molecule has 0 saturated heterocycles. The van der Waals surface area contributed by atoms with Gasteiger partial charge in [0, 0.05) is 32.6 Å². The lowest BCUT2D eigenvalue weighted by atomic mass is 10.4. The van der Waals surface area contributed by atoms with Crippen LogP contribution in [-0.2, 0) is 13.0 Å². The summed E-state index contributed by atoms with van der Waals surface area (Å²) in [7, 11) is 1.43. The van der Waals surface area contributed by atoms with E-state index < -0.39 is 12.7 Å². The van der Waals surface area contributed by atoms with Gasteiger partial charge in [0.1, 0.15) is 12.2 Å². The molecule has 0 atom stereocenters. The van der Waals surface area contributed by atoms with Gasteiger partial charge in [0.15, 0.2) is 5.96 Å². The van der Waals surface area contributed by atoms with Crippen molar-refractivity contribution in [2.75, 3.05) is 39.8 Å². The van der Waals surface area contributed by atoms with Crippen molar-refractivity contribution in [2.45, 2.75) is 33.0 Å². The smallest absolute Gasteiger partial charge is 0.357 e. The van der Waals surface area contributed by atoms with Crippen molar-refractivity contribution >= 4 is 5.96 Å². The van der Waals surface area contributed by atoms with Crippen LogP contribution in [0.15, 0.2) is 11.3 Å². The van der Waals surface area contributed by atoms with Gasteiger partial charge in [-0.2, -0.15) is 13.2 Å². The summed E-state index contributed by atoms with van der Waals surface area (Å²) in [6.07, 6.45) is -1.70. The van der Waals surface area contributed by atoms with Crippen molar-refractivity contribution in [3.05, 3.63) is 12.2 Å². The molecule has 0 saturated carbocycles. The average Bonchev–Trinajstić information content (AvgIpc) is 2.93. The first-order valence-electron chi connectivity index (χ1n) is 7.99. The van der Waals surface area contributed by atoms with Gasteiger partial charge < -0.3 is 15.2 Å². The second-order valence-corrected chi connectivity index (χ2v) is 5.33. The number of guanidine groups is 1. The Balaban J connectivity index is 2.39. The zero-order valence-corrected chi connectivity index (χ0v) is 14.4. The maximum Gasteiger partial charge on any atom is 0.401 e. The molecule has 0 aliphatic heterocycles. The molecule has 2 N–H and O–H groups in total. The maximum atomic E-state index is 12.3. The molecule has 1 aromatic heterocycles. The number of halogens is 3. The third kappa shape index (κ3) is 8.14. The van der Waals surface area contributed by atoms with Crippen molar-refractivity contribution < 1.29 is 13.2 Å². The Morgan fingerprint density at radius 1 is 1.33 bits per heavy atom. The number of aryl methyl sites for hydroxylation is 1. The summed E-state index contributed by atoms with van der Waals surface area (Å²) in [6.45, 7) is 5.52. The van der Waals surface area contributed by atoms with E-state index in [1.165, 1.54) is 11.9 Å². The SMILES string of the molecule is CCNC(=NCCN(C)CC(F)(F)F)NCCn1cnnc1CC. The topological polar surface area (TPSA) is 70.4 Å². The Morgan fingerprint density at radius 2 is 2.08 bits per heavy atom. The van der Waals surface area contributed by atoms with Crippen molar-refractivity contribution in [3.63, 3.8) is 0 Å². The quantitative estimate of drug-likeness (QED) is 0.512. The van der Waals surface area contributed by atoms with Gasteiger partial charge >= 0.3 is 6.18 Å². The highest BCUT2D eigenvalue weighted by molar-refractivity contribution is 5.79. The number of nitrogens with one attached hydrogen (secondary N) is 2. The van der Waals surface area contributed by atoms with Crippen LogP contribution < -0.4 is 10.6 Å². The summed E-state index contributed by atoms with van der Waals surface area (Å²) in [5.41, 5.74) is 0. The van der Waals surface area contributed by atoms with Gasteiger partial charge in [-0.25, -0.2) is 0 Å². The first kappa shape index (κ1) is 20.2. The van der Waals surface area contributed by atoms with Crippen LogP contribution in [0.1, 0.15) is 19.7 Å². The molecule has 1 heterocycles. The van der Waals surface area contributed by atoms with Crippen LogP contribution in [0, 0.1) is 0 Å². The van der Waals surface area contributed by atoms with Gasteiger partial charge in [-0.05, 0) is 14.0 Å². The Morgan fingerprint density at radius 3 is 2.71 bits per heavy atom. The highest BCUT2D eigenvalue weighted by Gasteiger charge is 2.28. The number of rotatable bonds is 9. The lowest BCUT2D eigenvalue weighted by Crippen LogP contribution is -2.39. The summed E-state index contributed by atoms with van der Waals surface area (Å²) in [5, 5.41) is 14.1. The fourth-order valence-electron chi connectivity index (χ4n) is 2.09. The summed E-state index contributed by atoms with van der Waals surface area (Å²) in [6, 6.07) is 0. The van der Waals surface area contributed by atoms with Gasteiger partial charge in [-0.15, -0.1) is 10.2 Å². The van der Waals surface area contributed by atoms with Crippen LogP contribution in [0.5, 0.6) is 0 Å². The summed E-state index contributed by atoms with van der Waals surface area (Å²) < 4.78 is 38.7. The largest absolute Gasteiger partial charge is 0.401 e. The molecule has 0 aliphatic carbocycles. The van der Waals surface area contributed by atoms with Gasteiger partial charge in [0.2, 0.25) is 0 Å². The third-order valence-electron chi connectivity index (χ3n) is 3.20. The third-order valence-corrected chi connectivity index (χ3v) is 3.20. The van der Waals surface area contributed by atoms with Crippen LogP contribution in [0.2, 0.25) is 0 Å². The molecule has 0 unspecified atom stereocenters. The first-order valence-corrected chi connectivity index (χ1v) is 7.99. The molecule has 10 heteroatoms. The van der Waals surface area contributed by atoms with Gasteiger partial charge in [-0.1, -0.05) is 6.92 Å². The Hall–Kier alpha value is -1.84. The second-order valence-electron chi connectivity index (χ2n) is 5.33. The van der Waals surface area contributed by atoms with Crippen LogP contribution in [0.4, 0.5) is 13.2 Å². The van der Waals surface area contributed by atoms with E-state index in [4.69, 9.17) is 0 Å². The lowest BCUT2D eigenvalue weighted by molar-refractivity contribution is -0.142. The molecule has 138 valence electrons. The van der Waals surface area contributed by atoms with Crippen molar-refractivity contribution in [1.29, 1.82) is 0 Å². The molecule has 0 fully saturated rings. The molecule has 0 aliphatic rings. The number of hydrogen-bond donors (Lipinski definition) is 2. The minimum absolute atomic E-state index is 0.238. The van der Waals surface area contributed by atoms with Gasteiger partial charge in [-0.3, -0.25) is 9.89 Å². The van der Waals surface area contributed by atoms with Crippen LogP contribution in [-0.4, -0.2) is 71.6 Å². The molecule has 0 bridgehead atoms. The molecule has 1 aromatic rings. The van der Waals surface area contributed by atoms with E-state index in [0.29, 0.717) is 25.6 Å². The minimum atomic E-state index is -4.18. The molecule has 1 rings (SSSR count). The summed E-state index contributed by atoms with van der Waals surface area (Å²) in [5.74, 6) is 1.50. The van der Waals surface area contributed by atoms with Crippen molar-refractivity contribution in [2.24, 2.45) is 4.99 Å². The zero-order chi connectivity index (χ0) is 18.0. The fourth-order valence-corrected chi connectivity index (χ4v) is 2.09. The number of aliphatic imine (C=N–C) groups is 1. The number of nitrogens with zero attached hydrogens (tertiary/aromatic N) is 5. The molecule has 0 amide bonds. The summed E-state index contributed by atoms with van der Waals surface area (Å²) in [4.78, 5) is 5.50. The molecule has 0 radical (unpaired) electrons. The molecule has 24 heavy (non-hydrogen) atoms. The van der Waals surface area contributed by atoms with E-state index in [1.54, 1.807) is 6.33 Å². The monoisotopic (exact) mass is 349 g/mol. The van der Waals surface area contributed by atoms with E-state index in [-0.39, 0.29) is 13.1 Å². The highest BCUT2D eigenvalue weighted by atomic mass is 19.4. The van der Waals surface area contributed by atoms with E-state index in [0.717, 1.165) is 12.2 Å². The Kier molecular flexibility index (Phi) is 8.51. The van der Waals surface area contributed by atoms with Crippen LogP contribution in [0.3, 0.4) is 0 Å². The normalized spacial score (nSPS) is 12.7. The summed E-state index contributed by atoms with van der Waals surface area (Å²) >= 11 is 0. The lowest BCUT2D eigenvalue weighted by Gasteiger charge is -2.18. The van der Waals surface area contributed by atoms with Crippen LogP contribution in [0.25, 0.3) is 0 Å². The van der Waals surface area contributed by atoms with Crippen molar-refractivity contribution in [1.82, 2.24) is 30.3 Å². The van der Waals surface area contributed by atoms with E-state index in [2.05, 4.69) is 25.8 Å². The Labute approximate surface area is 140 Å². The molecule has 7 nitrogen and oxygen atoms in total. The predicted octanol–water partition coefficient (Wildman–Crippen LogP) is 0.890.